The lowest BCUT2D eigenvalue weighted by atomic mass is 9.58. The van der Waals surface area contributed by atoms with Gasteiger partial charge in [0.2, 0.25) is 0 Å². The van der Waals surface area contributed by atoms with Crippen LogP contribution in [-0.2, 0) is 21.7 Å². The molecule has 2 aromatic heterocycles. The van der Waals surface area contributed by atoms with Crippen molar-refractivity contribution in [3.8, 4) is 27.9 Å². The van der Waals surface area contributed by atoms with E-state index in [-0.39, 0.29) is 21.7 Å². The predicted octanol–water partition coefficient (Wildman–Crippen LogP) is 17.6. The van der Waals surface area contributed by atoms with Gasteiger partial charge in [0.25, 0.3) is 0 Å². The highest BCUT2D eigenvalue weighted by atomic mass is 32.2. The normalized spacial score (nSPS) is 15.9. The minimum Gasteiger partial charge on any atom is -0.355 e. The first-order valence-electron chi connectivity index (χ1n) is 25.5. The number of anilines is 2. The third kappa shape index (κ3) is 6.82. The molecular formula is C66H60BN2S2. The third-order valence-corrected chi connectivity index (χ3v) is 19.0. The average molecular weight is 956 g/mol. The van der Waals surface area contributed by atoms with E-state index in [1.807, 2.05) is 11.3 Å². The van der Waals surface area contributed by atoms with Gasteiger partial charge in [-0.15, -0.1) is 11.3 Å². The van der Waals surface area contributed by atoms with Crippen LogP contribution < -0.4 is 16.2 Å². The van der Waals surface area contributed by atoms with Crippen LogP contribution in [-0.4, -0.2) is 11.8 Å². The molecule has 3 heterocycles. The summed E-state index contributed by atoms with van der Waals surface area (Å²) < 4.78 is 5.23. The highest BCUT2D eigenvalue weighted by Crippen LogP contribution is 2.56. The van der Waals surface area contributed by atoms with Crippen LogP contribution in [0.2, 0.25) is 0 Å². The summed E-state index contributed by atoms with van der Waals surface area (Å²) in [6.07, 6.45) is 2.39. The summed E-state index contributed by atoms with van der Waals surface area (Å²) in [6, 6.07) is 53.5. The summed E-state index contributed by atoms with van der Waals surface area (Å²) in [7, 11) is 2.49. The minimum atomic E-state index is -0.186. The van der Waals surface area contributed by atoms with Gasteiger partial charge >= 0.3 is 0 Å². The Morgan fingerprint density at radius 2 is 1.32 bits per heavy atom. The first-order valence-corrected chi connectivity index (χ1v) is 27.1. The summed E-state index contributed by atoms with van der Waals surface area (Å²) in [4.78, 5) is 2.27. The van der Waals surface area contributed by atoms with Gasteiger partial charge in [0.05, 0.1) is 5.52 Å². The van der Waals surface area contributed by atoms with Crippen molar-refractivity contribution in [1.82, 2.24) is 4.57 Å². The molecule has 71 heavy (non-hydrogen) atoms. The van der Waals surface area contributed by atoms with E-state index in [4.69, 9.17) is 0 Å². The van der Waals surface area contributed by atoms with Gasteiger partial charge in [0, 0.05) is 74.3 Å². The molecule has 2 nitrogen and oxygen atoms in total. The summed E-state index contributed by atoms with van der Waals surface area (Å²) >= 11 is 3.67. The van der Waals surface area contributed by atoms with Crippen molar-refractivity contribution in [2.45, 2.75) is 109 Å². The Labute approximate surface area is 428 Å². The van der Waals surface area contributed by atoms with Crippen LogP contribution in [0.5, 0.6) is 0 Å². The number of aromatic nitrogens is 1. The largest absolute Gasteiger partial charge is 0.355 e. The summed E-state index contributed by atoms with van der Waals surface area (Å²) in [5, 5.41) is 9.26. The molecule has 2 aliphatic carbocycles. The molecule has 1 aliphatic heterocycles. The van der Waals surface area contributed by atoms with E-state index < -0.39 is 0 Å². The Morgan fingerprint density at radius 3 is 2.07 bits per heavy atom. The number of benzene rings is 8. The van der Waals surface area contributed by atoms with Crippen molar-refractivity contribution in [3.63, 3.8) is 0 Å². The molecular weight excluding hydrogens is 896 g/mol. The lowest BCUT2D eigenvalue weighted by Gasteiger charge is -2.42. The molecule has 0 saturated carbocycles. The molecule has 0 unspecified atom stereocenters. The fraction of sp³-hybridized carbons (Fsp3) is 0.242. The lowest BCUT2D eigenvalue weighted by molar-refractivity contribution is 0.331. The van der Waals surface area contributed by atoms with Gasteiger partial charge < -0.3 is 9.88 Å². The zero-order valence-corrected chi connectivity index (χ0v) is 44.4. The van der Waals surface area contributed by atoms with E-state index in [2.05, 4.69) is 233 Å². The molecule has 8 aromatic carbocycles. The molecule has 349 valence electrons. The topological polar surface area (TPSA) is 17.0 Å². The third-order valence-electron chi connectivity index (χ3n) is 16.8. The Morgan fingerprint density at radius 1 is 0.634 bits per heavy atom. The number of thiophene rings is 1. The fourth-order valence-electron chi connectivity index (χ4n) is 12.4. The Balaban J connectivity index is 1.07. The number of nitrogens with zero attached hydrogens (tertiary/aromatic N) is 1. The van der Waals surface area contributed by atoms with E-state index in [0.717, 1.165) is 21.8 Å². The number of aryl methyl sites for hydroxylation is 1. The Bertz CT molecular complexity index is 3930. The van der Waals surface area contributed by atoms with Gasteiger partial charge in [0.1, 0.15) is 0 Å². The van der Waals surface area contributed by atoms with Crippen molar-refractivity contribution < 1.29 is 0 Å². The van der Waals surface area contributed by atoms with Crippen molar-refractivity contribution in [1.29, 1.82) is 0 Å². The summed E-state index contributed by atoms with van der Waals surface area (Å²) in [5.74, 6) is 0. The maximum absolute atomic E-state index is 4.57. The molecule has 0 bridgehead atoms. The maximum atomic E-state index is 4.57. The smallest absolute Gasteiger partial charge is 0.197 e. The molecule has 0 amide bonds. The van der Waals surface area contributed by atoms with Crippen molar-refractivity contribution >= 4 is 99.6 Å². The predicted molar refractivity (Wildman–Crippen MR) is 311 cm³/mol. The van der Waals surface area contributed by atoms with Gasteiger partial charge in [-0.1, -0.05) is 171 Å². The quantitative estimate of drug-likeness (QED) is 0.132. The van der Waals surface area contributed by atoms with Gasteiger partial charge in [-0.2, -0.15) is 0 Å². The number of fused-ring (bicyclic) bond motifs is 12. The first kappa shape index (κ1) is 44.7. The number of thioether (sulfide) groups is 1. The number of nitrogens with one attached hydrogen (secondary N) is 1. The lowest BCUT2D eigenvalue weighted by Crippen LogP contribution is -2.37. The van der Waals surface area contributed by atoms with Crippen LogP contribution in [0.15, 0.2) is 151 Å². The Hall–Kier alpha value is -6.27. The van der Waals surface area contributed by atoms with Crippen LogP contribution in [0.4, 0.5) is 11.4 Å². The van der Waals surface area contributed by atoms with E-state index in [1.54, 1.807) is 11.8 Å². The molecule has 1 N–H and O–H groups in total. The summed E-state index contributed by atoms with van der Waals surface area (Å²) in [5.41, 5.74) is 23.3. The average Bonchev–Trinajstić information content (AvgIpc) is 3.94. The van der Waals surface area contributed by atoms with Crippen LogP contribution in [0, 0.1) is 6.92 Å². The highest BCUT2D eigenvalue weighted by molar-refractivity contribution is 8.08. The van der Waals surface area contributed by atoms with E-state index >= 15 is 0 Å². The molecule has 10 aromatic rings. The molecule has 1 radical (unpaired) electrons. The molecule has 5 heteroatoms. The van der Waals surface area contributed by atoms with Crippen LogP contribution in [0.1, 0.15) is 114 Å². The minimum absolute atomic E-state index is 0.0634. The second kappa shape index (κ2) is 15.4. The zero-order valence-electron chi connectivity index (χ0n) is 42.7. The zero-order chi connectivity index (χ0) is 49.1. The van der Waals surface area contributed by atoms with Crippen LogP contribution >= 0.6 is 23.1 Å². The number of hydrogen-bond donors (Lipinski definition) is 1. The first-order chi connectivity index (χ1) is 33.9. The molecule has 3 aliphatic rings. The molecule has 0 fully saturated rings. The van der Waals surface area contributed by atoms with Gasteiger partial charge in [-0.3, -0.25) is 0 Å². The second-order valence-electron chi connectivity index (χ2n) is 23.7. The SMILES string of the molecule is C=C(Sc1cc2c(cc1C)[B]c1c(-c3cc4c(cc3Nc3ccc(C(C)(C)C)cc3)C(C)(C)c3cc5c(cc3-4)C(C)(C)CCC5(C)C)ccc3c4cc5c(cc4n-2c13)sc1ccccc15)c1ccccc1. The molecule has 0 atom stereocenters. The van der Waals surface area contributed by atoms with Gasteiger partial charge in [-0.05, 0) is 152 Å². The number of rotatable bonds is 6. The monoisotopic (exact) mass is 955 g/mol. The number of hydrogen-bond acceptors (Lipinski definition) is 3. The second-order valence-corrected chi connectivity index (χ2v) is 25.9. The molecule has 0 spiro atoms. The van der Waals surface area contributed by atoms with E-state index in [9.17, 15) is 0 Å². The van der Waals surface area contributed by atoms with E-state index in [0.29, 0.717) is 0 Å². The van der Waals surface area contributed by atoms with Crippen molar-refractivity contribution in [2.24, 2.45) is 0 Å². The maximum Gasteiger partial charge on any atom is 0.197 e. The van der Waals surface area contributed by atoms with Gasteiger partial charge in [-0.25, -0.2) is 0 Å². The molecule has 13 rings (SSSR count). The van der Waals surface area contributed by atoms with Crippen LogP contribution in [0.25, 0.3) is 74.8 Å². The molecule has 0 saturated heterocycles. The Kier molecular flexibility index (Phi) is 9.67. The van der Waals surface area contributed by atoms with Gasteiger partial charge in [0.15, 0.2) is 7.28 Å². The fourth-order valence-corrected chi connectivity index (χ4v) is 14.5. The van der Waals surface area contributed by atoms with Crippen LogP contribution in [0.3, 0.4) is 0 Å². The van der Waals surface area contributed by atoms with E-state index in [1.165, 1.54) is 132 Å². The highest BCUT2D eigenvalue weighted by Gasteiger charge is 2.43. The standard InChI is InChI=1S/C66H60BN2S2/c1-37-29-54-57(36-59(37)70-38(2)39-17-13-12-14-18-39)69-56-35-60-49(42-19-15-16-20-58(42)71-60)31-48(56)44-26-25-43(61(67-54)62(44)69)47-30-45-46-32-52-53(65(8,9)28-27-64(52,6)7)33-50(46)66(10,11)51(45)34-55(47)68-41-23-21-40(22-24-41)63(3,4)5/h12-26,29-36,68H,2,27-28H2,1,3-11H3. The summed E-state index contributed by atoms with van der Waals surface area (Å²) in [6.45, 7) is 28.4. The van der Waals surface area contributed by atoms with Crippen molar-refractivity contribution in [3.05, 3.63) is 185 Å². The van der Waals surface area contributed by atoms with Crippen molar-refractivity contribution in [2.75, 3.05) is 5.32 Å².